The average Bonchev–Trinajstić information content (AvgIpc) is 2.19. The van der Waals surface area contributed by atoms with Crippen LogP contribution in [0.4, 0.5) is 0 Å². The monoisotopic (exact) mass is 202 g/mol. The van der Waals surface area contributed by atoms with Gasteiger partial charge >= 0.3 is 0 Å². The number of methoxy groups -OCH3 is 1. The highest BCUT2D eigenvalue weighted by molar-refractivity contribution is 4.87. The van der Waals surface area contributed by atoms with Crippen LogP contribution in [0.15, 0.2) is 0 Å². The predicted molar refractivity (Wildman–Crippen MR) is 49.1 cm³/mol. The molecule has 0 aromatic rings. The Labute approximate surface area is 84.1 Å². The average molecular weight is 202 g/mol. The van der Waals surface area contributed by atoms with Gasteiger partial charge in [0.25, 0.3) is 0 Å². The maximum Gasteiger partial charge on any atom is 0.202 e. The minimum absolute atomic E-state index is 0.134. The fraction of sp³-hybridized carbons (Fsp3) is 1.00. The van der Waals surface area contributed by atoms with Gasteiger partial charge in [-0.25, -0.2) is 0 Å². The summed E-state index contributed by atoms with van der Waals surface area (Å²) >= 11 is 0. The minimum atomic E-state index is -1.07. The molecule has 14 heavy (non-hydrogen) atoms. The van der Waals surface area contributed by atoms with E-state index >= 15 is 0 Å². The highest BCUT2D eigenvalue weighted by Crippen LogP contribution is 2.44. The Morgan fingerprint density at radius 2 is 2.14 bits per heavy atom. The van der Waals surface area contributed by atoms with Gasteiger partial charge in [0.15, 0.2) is 5.79 Å². The lowest BCUT2D eigenvalue weighted by molar-refractivity contribution is -0.537. The molecule has 3 unspecified atom stereocenters. The van der Waals surface area contributed by atoms with Gasteiger partial charge in [-0.2, -0.15) is 9.78 Å². The largest absolute Gasteiger partial charge is 0.363 e. The molecular formula is C10H18O4. The van der Waals surface area contributed by atoms with Gasteiger partial charge < -0.3 is 9.84 Å². The van der Waals surface area contributed by atoms with Crippen molar-refractivity contribution in [2.24, 2.45) is 5.92 Å². The van der Waals surface area contributed by atoms with Crippen LogP contribution in [0.3, 0.4) is 0 Å². The molecule has 2 rings (SSSR count). The zero-order valence-corrected chi connectivity index (χ0v) is 8.78. The number of aliphatic hydroxyl groups is 1. The van der Waals surface area contributed by atoms with E-state index in [9.17, 15) is 5.11 Å². The predicted octanol–water partition coefficient (Wildman–Crippen LogP) is 1.58. The first-order chi connectivity index (χ1) is 6.58. The molecular weight excluding hydrogens is 184 g/mol. The number of hydrogen-bond acceptors (Lipinski definition) is 4. The summed E-state index contributed by atoms with van der Waals surface area (Å²) < 4.78 is 5.21. The van der Waals surface area contributed by atoms with E-state index in [-0.39, 0.29) is 5.92 Å². The normalized spacial score (nSPS) is 48.6. The summed E-state index contributed by atoms with van der Waals surface area (Å²) in [5.74, 6) is -1.64. The van der Waals surface area contributed by atoms with Gasteiger partial charge in [-0.3, -0.25) is 0 Å². The van der Waals surface area contributed by atoms with E-state index in [0.717, 1.165) is 19.3 Å². The van der Waals surface area contributed by atoms with E-state index in [0.29, 0.717) is 12.8 Å². The Bertz CT molecular complexity index is 220. The number of ether oxygens (including phenoxy) is 1. The quantitative estimate of drug-likeness (QED) is 0.656. The first kappa shape index (κ1) is 10.4. The van der Waals surface area contributed by atoms with Crippen molar-refractivity contribution in [1.29, 1.82) is 0 Å². The van der Waals surface area contributed by atoms with Gasteiger partial charge in [-0.15, -0.1) is 0 Å². The molecule has 4 heteroatoms. The lowest BCUT2D eigenvalue weighted by Gasteiger charge is -2.47. The molecule has 0 amide bonds. The molecule has 1 saturated heterocycles. The summed E-state index contributed by atoms with van der Waals surface area (Å²) in [7, 11) is 1.59. The molecule has 4 nitrogen and oxygen atoms in total. The Morgan fingerprint density at radius 3 is 2.86 bits per heavy atom. The highest BCUT2D eigenvalue weighted by Gasteiger charge is 2.50. The summed E-state index contributed by atoms with van der Waals surface area (Å²) in [5, 5.41) is 10.1. The molecule has 1 aliphatic carbocycles. The van der Waals surface area contributed by atoms with Crippen molar-refractivity contribution in [3.63, 3.8) is 0 Å². The molecule has 2 fully saturated rings. The van der Waals surface area contributed by atoms with Crippen molar-refractivity contribution < 1.29 is 19.6 Å². The zero-order valence-electron chi connectivity index (χ0n) is 8.78. The van der Waals surface area contributed by atoms with Crippen molar-refractivity contribution in [3.8, 4) is 0 Å². The summed E-state index contributed by atoms with van der Waals surface area (Å²) in [6.45, 7) is 1.83. The SMILES string of the molecule is COC1(C)CC2CCCCC2(O)OO1. The van der Waals surface area contributed by atoms with Crippen molar-refractivity contribution in [1.82, 2.24) is 0 Å². The molecule has 1 aliphatic heterocycles. The van der Waals surface area contributed by atoms with Crippen LogP contribution >= 0.6 is 0 Å². The fourth-order valence-electron chi connectivity index (χ4n) is 2.33. The summed E-state index contributed by atoms with van der Waals surface area (Å²) in [6, 6.07) is 0. The maximum atomic E-state index is 10.1. The van der Waals surface area contributed by atoms with E-state index < -0.39 is 11.6 Å². The van der Waals surface area contributed by atoms with Crippen molar-refractivity contribution in [2.75, 3.05) is 7.11 Å². The second kappa shape index (κ2) is 3.45. The lowest BCUT2D eigenvalue weighted by atomic mass is 9.79. The third kappa shape index (κ3) is 1.67. The smallest absolute Gasteiger partial charge is 0.202 e. The van der Waals surface area contributed by atoms with Gasteiger partial charge in [0.05, 0.1) is 0 Å². The fourth-order valence-corrected chi connectivity index (χ4v) is 2.33. The van der Waals surface area contributed by atoms with Gasteiger partial charge in [0, 0.05) is 25.9 Å². The van der Waals surface area contributed by atoms with E-state index in [1.54, 1.807) is 7.11 Å². The van der Waals surface area contributed by atoms with E-state index in [2.05, 4.69) is 0 Å². The second-order valence-electron chi connectivity index (χ2n) is 4.50. The van der Waals surface area contributed by atoms with Gasteiger partial charge in [0.1, 0.15) is 0 Å². The molecule has 0 radical (unpaired) electrons. The molecule has 82 valence electrons. The molecule has 0 aromatic carbocycles. The molecule has 1 N–H and O–H groups in total. The molecule has 1 heterocycles. The highest BCUT2D eigenvalue weighted by atomic mass is 17.3. The molecule has 2 aliphatic rings. The Balaban J connectivity index is 2.09. The molecule has 0 spiro atoms. The first-order valence-corrected chi connectivity index (χ1v) is 5.22. The Kier molecular flexibility index (Phi) is 2.55. The zero-order chi connectivity index (χ0) is 10.2. The summed E-state index contributed by atoms with van der Waals surface area (Å²) in [4.78, 5) is 10.2. The summed E-state index contributed by atoms with van der Waals surface area (Å²) in [5.41, 5.74) is 0. The van der Waals surface area contributed by atoms with Crippen molar-refractivity contribution >= 4 is 0 Å². The van der Waals surface area contributed by atoms with Crippen LogP contribution < -0.4 is 0 Å². The van der Waals surface area contributed by atoms with Gasteiger partial charge in [-0.05, 0) is 19.8 Å². The Hall–Kier alpha value is -0.160. The van der Waals surface area contributed by atoms with Crippen LogP contribution in [0.1, 0.15) is 39.0 Å². The van der Waals surface area contributed by atoms with E-state index in [4.69, 9.17) is 14.5 Å². The van der Waals surface area contributed by atoms with Crippen LogP contribution in [0.25, 0.3) is 0 Å². The van der Waals surface area contributed by atoms with Gasteiger partial charge in [-0.1, -0.05) is 6.42 Å². The summed E-state index contributed by atoms with van der Waals surface area (Å²) in [6.07, 6.45) is 4.49. The van der Waals surface area contributed by atoms with Crippen LogP contribution in [0, 0.1) is 5.92 Å². The number of fused-ring (bicyclic) bond motifs is 1. The van der Waals surface area contributed by atoms with Crippen LogP contribution in [0.2, 0.25) is 0 Å². The molecule has 0 bridgehead atoms. The lowest BCUT2D eigenvalue weighted by Crippen LogP contribution is -2.54. The van der Waals surface area contributed by atoms with Crippen molar-refractivity contribution in [2.45, 2.75) is 50.6 Å². The molecule has 3 atom stereocenters. The van der Waals surface area contributed by atoms with Crippen molar-refractivity contribution in [3.05, 3.63) is 0 Å². The maximum absolute atomic E-state index is 10.1. The molecule has 1 saturated carbocycles. The van der Waals surface area contributed by atoms with Crippen LogP contribution in [0.5, 0.6) is 0 Å². The topological polar surface area (TPSA) is 47.9 Å². The second-order valence-corrected chi connectivity index (χ2v) is 4.50. The van der Waals surface area contributed by atoms with E-state index in [1.165, 1.54) is 0 Å². The first-order valence-electron chi connectivity index (χ1n) is 5.22. The molecule has 0 aromatic heterocycles. The number of rotatable bonds is 1. The third-order valence-corrected chi connectivity index (χ3v) is 3.39. The Morgan fingerprint density at radius 1 is 1.36 bits per heavy atom. The van der Waals surface area contributed by atoms with Crippen LogP contribution in [-0.2, 0) is 14.5 Å². The standard InChI is InChI=1S/C10H18O4/c1-9(12-2)7-8-5-3-4-6-10(8,11)14-13-9/h8,11H,3-7H2,1-2H3. The van der Waals surface area contributed by atoms with Gasteiger partial charge in [0.2, 0.25) is 5.79 Å². The number of hydrogen-bond donors (Lipinski definition) is 1. The third-order valence-electron chi connectivity index (χ3n) is 3.39. The van der Waals surface area contributed by atoms with Crippen LogP contribution in [-0.4, -0.2) is 23.8 Å². The minimum Gasteiger partial charge on any atom is -0.363 e. The van der Waals surface area contributed by atoms with E-state index in [1.807, 2.05) is 6.92 Å².